The molecule has 1 aromatic carbocycles. The van der Waals surface area contributed by atoms with Crippen molar-refractivity contribution in [1.29, 1.82) is 0 Å². The Morgan fingerprint density at radius 3 is 2.83 bits per heavy atom. The van der Waals surface area contributed by atoms with E-state index in [0.717, 1.165) is 18.2 Å². The number of aromatic nitrogens is 4. The highest BCUT2D eigenvalue weighted by atomic mass is 32.2. The molecule has 0 aliphatic carbocycles. The van der Waals surface area contributed by atoms with Crippen molar-refractivity contribution in [3.05, 3.63) is 29.6 Å². The molecule has 2 rings (SSSR count). The zero-order chi connectivity index (χ0) is 17.0. The lowest BCUT2D eigenvalue weighted by atomic mass is 10.2. The summed E-state index contributed by atoms with van der Waals surface area (Å²) in [6.45, 7) is 0.218. The summed E-state index contributed by atoms with van der Waals surface area (Å²) in [7, 11) is -2.34. The van der Waals surface area contributed by atoms with E-state index in [2.05, 4.69) is 20.8 Å². The Bertz CT molecular complexity index is 823. The number of halogens is 1. The van der Waals surface area contributed by atoms with Gasteiger partial charge in [-0.1, -0.05) is 11.8 Å². The number of carbonyl (C=O) groups is 1. The SMILES string of the molecule is Cn1nnnc1SCCNC(=O)c1cc(S(N)(=O)=O)ccc1F. The van der Waals surface area contributed by atoms with Gasteiger partial charge in [0.1, 0.15) is 5.82 Å². The van der Waals surface area contributed by atoms with Crippen molar-refractivity contribution in [3.63, 3.8) is 0 Å². The Kier molecular flexibility index (Phi) is 5.28. The van der Waals surface area contributed by atoms with Crippen LogP contribution in [-0.4, -0.2) is 46.8 Å². The summed E-state index contributed by atoms with van der Waals surface area (Å²) in [6, 6.07) is 2.78. The van der Waals surface area contributed by atoms with Crippen LogP contribution in [0.3, 0.4) is 0 Å². The van der Waals surface area contributed by atoms with Crippen molar-refractivity contribution in [2.24, 2.45) is 12.2 Å². The highest BCUT2D eigenvalue weighted by Crippen LogP contribution is 2.14. The lowest BCUT2D eigenvalue weighted by Crippen LogP contribution is -2.27. The second-order valence-electron chi connectivity index (χ2n) is 4.38. The average molecular weight is 360 g/mol. The fourth-order valence-electron chi connectivity index (χ4n) is 1.60. The standard InChI is InChI=1S/C11H13FN6O3S2/c1-18-11(15-16-17-18)22-5-4-14-10(19)8-6-7(23(13,20)21)2-3-9(8)12/h2-3,6H,4-5H2,1H3,(H,14,19)(H2,13,20,21). The monoisotopic (exact) mass is 360 g/mol. The number of nitrogens with zero attached hydrogens (tertiary/aromatic N) is 4. The highest BCUT2D eigenvalue weighted by molar-refractivity contribution is 7.99. The Hall–Kier alpha value is -2.05. The second-order valence-corrected chi connectivity index (χ2v) is 7.00. The van der Waals surface area contributed by atoms with Crippen molar-refractivity contribution in [1.82, 2.24) is 25.5 Å². The van der Waals surface area contributed by atoms with Gasteiger partial charge in [-0.3, -0.25) is 4.79 Å². The normalized spacial score (nSPS) is 11.4. The summed E-state index contributed by atoms with van der Waals surface area (Å²) >= 11 is 1.30. The zero-order valence-corrected chi connectivity index (χ0v) is 13.6. The van der Waals surface area contributed by atoms with Gasteiger partial charge in [0.25, 0.3) is 5.91 Å². The quantitative estimate of drug-likeness (QED) is 0.525. The molecule has 0 spiro atoms. The topological polar surface area (TPSA) is 133 Å². The molecule has 1 heterocycles. The van der Waals surface area contributed by atoms with Crippen LogP contribution >= 0.6 is 11.8 Å². The molecule has 12 heteroatoms. The van der Waals surface area contributed by atoms with Gasteiger partial charge < -0.3 is 5.32 Å². The largest absolute Gasteiger partial charge is 0.351 e. The number of hydrogen-bond donors (Lipinski definition) is 2. The second kappa shape index (κ2) is 7.02. The molecule has 2 aromatic rings. The third-order valence-corrected chi connectivity index (χ3v) is 4.63. The van der Waals surface area contributed by atoms with E-state index in [9.17, 15) is 17.6 Å². The van der Waals surface area contributed by atoms with E-state index in [-0.39, 0.29) is 17.0 Å². The maximum atomic E-state index is 13.7. The minimum atomic E-state index is -4.01. The molecule has 0 atom stereocenters. The molecule has 0 fully saturated rings. The first-order valence-corrected chi connectivity index (χ1v) is 8.78. The Morgan fingerprint density at radius 1 is 1.48 bits per heavy atom. The van der Waals surface area contributed by atoms with Gasteiger partial charge in [0, 0.05) is 19.3 Å². The maximum Gasteiger partial charge on any atom is 0.254 e. The van der Waals surface area contributed by atoms with Crippen LogP contribution in [-0.2, 0) is 17.1 Å². The highest BCUT2D eigenvalue weighted by Gasteiger charge is 2.16. The molecule has 0 bridgehead atoms. The van der Waals surface area contributed by atoms with Gasteiger partial charge in [-0.2, -0.15) is 0 Å². The Labute approximate surface area is 135 Å². The fourth-order valence-corrected chi connectivity index (χ4v) is 2.85. The number of nitrogens with one attached hydrogen (secondary N) is 1. The number of carbonyl (C=O) groups excluding carboxylic acids is 1. The van der Waals surface area contributed by atoms with Crippen LogP contribution in [0.1, 0.15) is 10.4 Å². The van der Waals surface area contributed by atoms with Crippen LogP contribution in [0.25, 0.3) is 0 Å². The molecule has 3 N–H and O–H groups in total. The minimum Gasteiger partial charge on any atom is -0.351 e. The molecule has 0 saturated heterocycles. The van der Waals surface area contributed by atoms with E-state index in [1.807, 2.05) is 0 Å². The van der Waals surface area contributed by atoms with Crippen LogP contribution in [0.15, 0.2) is 28.3 Å². The van der Waals surface area contributed by atoms with E-state index >= 15 is 0 Å². The van der Waals surface area contributed by atoms with Gasteiger partial charge in [-0.25, -0.2) is 22.6 Å². The molecule has 0 unspecified atom stereocenters. The molecule has 0 saturated carbocycles. The molecule has 0 aliphatic rings. The molecule has 0 aliphatic heterocycles. The number of sulfonamides is 1. The van der Waals surface area contributed by atoms with Crippen molar-refractivity contribution in [3.8, 4) is 0 Å². The predicted octanol–water partition coefficient (Wildman–Crippen LogP) is -0.481. The van der Waals surface area contributed by atoms with Crippen LogP contribution in [0.2, 0.25) is 0 Å². The van der Waals surface area contributed by atoms with Crippen LogP contribution in [0.4, 0.5) is 4.39 Å². The first-order chi connectivity index (χ1) is 10.8. The predicted molar refractivity (Wildman–Crippen MR) is 79.6 cm³/mol. The van der Waals surface area contributed by atoms with Gasteiger partial charge in [-0.15, -0.1) is 5.10 Å². The van der Waals surface area contributed by atoms with Gasteiger partial charge in [0.15, 0.2) is 0 Å². The lowest BCUT2D eigenvalue weighted by molar-refractivity contribution is 0.0952. The number of amides is 1. The summed E-state index contributed by atoms with van der Waals surface area (Å²) in [4.78, 5) is 11.6. The van der Waals surface area contributed by atoms with Crippen molar-refractivity contribution in [2.45, 2.75) is 10.1 Å². The Morgan fingerprint density at radius 2 is 2.22 bits per heavy atom. The first kappa shape index (κ1) is 17.3. The van der Waals surface area contributed by atoms with Gasteiger partial charge in [-0.05, 0) is 28.6 Å². The lowest BCUT2D eigenvalue weighted by Gasteiger charge is -2.07. The van der Waals surface area contributed by atoms with Crippen LogP contribution < -0.4 is 10.5 Å². The number of rotatable bonds is 6. The third-order valence-electron chi connectivity index (χ3n) is 2.71. The Balaban J connectivity index is 1.97. The number of aryl methyl sites for hydroxylation is 1. The number of hydrogen-bond acceptors (Lipinski definition) is 7. The molecule has 23 heavy (non-hydrogen) atoms. The molecular formula is C11H13FN6O3S2. The first-order valence-electron chi connectivity index (χ1n) is 6.25. The van der Waals surface area contributed by atoms with Crippen LogP contribution in [0.5, 0.6) is 0 Å². The summed E-state index contributed by atoms with van der Waals surface area (Å²) in [5.74, 6) is -1.11. The number of tetrazole rings is 1. The van der Waals surface area contributed by atoms with Gasteiger partial charge in [0.2, 0.25) is 15.2 Å². The summed E-state index contributed by atoms with van der Waals surface area (Å²) in [5.41, 5.74) is -0.387. The van der Waals surface area contributed by atoms with Crippen molar-refractivity contribution < 1.29 is 17.6 Å². The number of thioether (sulfide) groups is 1. The van der Waals surface area contributed by atoms with E-state index in [0.29, 0.717) is 10.9 Å². The molecular weight excluding hydrogens is 347 g/mol. The molecule has 0 radical (unpaired) electrons. The summed E-state index contributed by atoms with van der Waals surface area (Å²) in [5, 5.41) is 18.9. The van der Waals surface area contributed by atoms with Crippen molar-refractivity contribution in [2.75, 3.05) is 12.3 Å². The number of nitrogens with two attached hydrogens (primary N) is 1. The van der Waals surface area contributed by atoms with E-state index in [1.54, 1.807) is 7.05 Å². The molecule has 1 aromatic heterocycles. The van der Waals surface area contributed by atoms with Crippen molar-refractivity contribution >= 4 is 27.7 Å². The maximum absolute atomic E-state index is 13.7. The minimum absolute atomic E-state index is 0.218. The van der Waals surface area contributed by atoms with E-state index in [4.69, 9.17) is 5.14 Å². The molecule has 1 amide bonds. The van der Waals surface area contributed by atoms with Crippen LogP contribution in [0, 0.1) is 5.82 Å². The average Bonchev–Trinajstić information content (AvgIpc) is 2.88. The summed E-state index contributed by atoms with van der Waals surface area (Å²) in [6.07, 6.45) is 0. The van der Waals surface area contributed by atoms with Gasteiger partial charge in [0.05, 0.1) is 10.5 Å². The number of benzene rings is 1. The smallest absolute Gasteiger partial charge is 0.254 e. The molecule has 9 nitrogen and oxygen atoms in total. The van der Waals surface area contributed by atoms with Gasteiger partial charge >= 0.3 is 0 Å². The van der Waals surface area contributed by atoms with E-state index < -0.39 is 21.7 Å². The number of primary sulfonamides is 1. The summed E-state index contributed by atoms with van der Waals surface area (Å²) < 4.78 is 37.6. The van der Waals surface area contributed by atoms with E-state index in [1.165, 1.54) is 16.4 Å². The molecule has 124 valence electrons. The zero-order valence-electron chi connectivity index (χ0n) is 11.9. The third kappa shape index (κ3) is 4.46. The fraction of sp³-hybridized carbons (Fsp3) is 0.273.